The molecule has 10 heteroatoms. The first-order valence-corrected chi connectivity index (χ1v) is 8.65. The molecule has 0 saturated carbocycles. The van der Waals surface area contributed by atoms with Crippen molar-refractivity contribution >= 4 is 23.8 Å². The molecule has 1 N–H and O–H groups in total. The Morgan fingerprint density at radius 2 is 1.85 bits per heavy atom. The van der Waals surface area contributed by atoms with Gasteiger partial charge < -0.3 is 9.64 Å². The third-order valence-electron chi connectivity index (χ3n) is 3.54. The largest absolute Gasteiger partial charge is 0.467 e. The topological polar surface area (TPSA) is 119 Å². The predicted molar refractivity (Wildman–Crippen MR) is 103 cm³/mol. The van der Waals surface area contributed by atoms with Gasteiger partial charge in [0.15, 0.2) is 0 Å². The number of hydrogen-bond donors (Lipinski definition) is 1. The van der Waals surface area contributed by atoms with E-state index in [0.29, 0.717) is 11.5 Å². The summed E-state index contributed by atoms with van der Waals surface area (Å²) in [5.74, 6) is 0.783. The van der Waals surface area contributed by atoms with E-state index in [1.54, 1.807) is 12.1 Å². The summed E-state index contributed by atoms with van der Waals surface area (Å²) in [7, 11) is 1.49. The highest BCUT2D eigenvalue weighted by molar-refractivity contribution is 5.80. The van der Waals surface area contributed by atoms with Crippen LogP contribution in [-0.4, -0.2) is 46.3 Å². The first-order chi connectivity index (χ1) is 13.1. The van der Waals surface area contributed by atoms with Crippen LogP contribution in [0, 0.1) is 10.1 Å². The molecule has 144 valence electrons. The SMILES string of the molecule is CCCN(CCC)c1nc(NN=Cc2ccc([N+](=O)[O-])cc2)nc(OC)n1. The molecular weight excluding hydrogens is 350 g/mol. The minimum absolute atomic E-state index is 0.0268. The molecular formula is C17H23N7O3. The third-order valence-corrected chi connectivity index (χ3v) is 3.54. The van der Waals surface area contributed by atoms with Crippen molar-refractivity contribution in [2.45, 2.75) is 26.7 Å². The number of aromatic nitrogens is 3. The summed E-state index contributed by atoms with van der Waals surface area (Å²) in [4.78, 5) is 25.1. The van der Waals surface area contributed by atoms with E-state index < -0.39 is 4.92 Å². The number of methoxy groups -OCH3 is 1. The number of ether oxygens (including phenoxy) is 1. The Hall–Kier alpha value is -3.30. The number of anilines is 2. The molecule has 0 saturated heterocycles. The lowest BCUT2D eigenvalue weighted by molar-refractivity contribution is -0.384. The minimum atomic E-state index is -0.448. The Kier molecular flexibility index (Phi) is 7.41. The summed E-state index contributed by atoms with van der Waals surface area (Å²) >= 11 is 0. The van der Waals surface area contributed by atoms with E-state index in [1.807, 2.05) is 0 Å². The van der Waals surface area contributed by atoms with Gasteiger partial charge in [0.2, 0.25) is 5.95 Å². The summed E-state index contributed by atoms with van der Waals surface area (Å²) < 4.78 is 5.16. The maximum Gasteiger partial charge on any atom is 0.322 e. The Morgan fingerprint density at radius 1 is 1.19 bits per heavy atom. The average molecular weight is 373 g/mol. The summed E-state index contributed by atoms with van der Waals surface area (Å²) in [6.07, 6.45) is 3.46. The van der Waals surface area contributed by atoms with Crippen LogP contribution in [0.5, 0.6) is 6.01 Å². The second-order valence-electron chi connectivity index (χ2n) is 5.65. The molecule has 1 aromatic heterocycles. The van der Waals surface area contributed by atoms with Gasteiger partial charge in [-0.05, 0) is 30.5 Å². The number of benzene rings is 1. The summed E-state index contributed by atoms with van der Waals surface area (Å²) in [6.45, 7) is 5.84. The second-order valence-corrected chi connectivity index (χ2v) is 5.65. The number of hydrazone groups is 1. The maximum atomic E-state index is 10.7. The Bertz CT molecular complexity index is 775. The third kappa shape index (κ3) is 5.87. The van der Waals surface area contributed by atoms with E-state index in [2.05, 4.69) is 44.2 Å². The van der Waals surface area contributed by atoms with Crippen molar-refractivity contribution in [1.82, 2.24) is 15.0 Å². The molecule has 1 aromatic carbocycles. The van der Waals surface area contributed by atoms with Crippen LogP contribution in [0.2, 0.25) is 0 Å². The van der Waals surface area contributed by atoms with Gasteiger partial charge in [0.1, 0.15) is 0 Å². The summed E-state index contributed by atoms with van der Waals surface area (Å²) in [6, 6.07) is 6.24. The van der Waals surface area contributed by atoms with Crippen molar-refractivity contribution in [1.29, 1.82) is 0 Å². The molecule has 0 unspecified atom stereocenters. The minimum Gasteiger partial charge on any atom is -0.467 e. The number of nitrogens with zero attached hydrogens (tertiary/aromatic N) is 6. The van der Waals surface area contributed by atoms with Gasteiger partial charge in [0.25, 0.3) is 11.6 Å². The summed E-state index contributed by atoms with van der Waals surface area (Å²) in [5.41, 5.74) is 3.48. The molecule has 0 radical (unpaired) electrons. The fourth-order valence-electron chi connectivity index (χ4n) is 2.33. The Balaban J connectivity index is 2.14. The molecule has 0 aliphatic rings. The van der Waals surface area contributed by atoms with Gasteiger partial charge in [-0.3, -0.25) is 10.1 Å². The molecule has 0 aliphatic carbocycles. The molecule has 0 amide bonds. The lowest BCUT2D eigenvalue weighted by atomic mass is 10.2. The molecule has 1 heterocycles. The fourth-order valence-corrected chi connectivity index (χ4v) is 2.33. The molecule has 2 aromatic rings. The molecule has 0 fully saturated rings. The van der Waals surface area contributed by atoms with Crippen LogP contribution in [0.1, 0.15) is 32.3 Å². The van der Waals surface area contributed by atoms with Crippen molar-refractivity contribution < 1.29 is 9.66 Å². The van der Waals surface area contributed by atoms with E-state index in [-0.39, 0.29) is 17.6 Å². The fraction of sp³-hybridized carbons (Fsp3) is 0.412. The van der Waals surface area contributed by atoms with Gasteiger partial charge in [-0.1, -0.05) is 13.8 Å². The molecule has 10 nitrogen and oxygen atoms in total. The normalized spacial score (nSPS) is 10.8. The van der Waals surface area contributed by atoms with Gasteiger partial charge in [-0.2, -0.15) is 20.1 Å². The van der Waals surface area contributed by atoms with Gasteiger partial charge in [-0.15, -0.1) is 0 Å². The van der Waals surface area contributed by atoms with Crippen LogP contribution in [0.3, 0.4) is 0 Å². The zero-order valence-electron chi connectivity index (χ0n) is 15.6. The van der Waals surface area contributed by atoms with E-state index in [0.717, 1.165) is 25.9 Å². The highest BCUT2D eigenvalue weighted by Crippen LogP contribution is 2.16. The van der Waals surface area contributed by atoms with Crippen molar-refractivity contribution in [3.63, 3.8) is 0 Å². The molecule has 0 atom stereocenters. The quantitative estimate of drug-likeness (QED) is 0.384. The van der Waals surface area contributed by atoms with Crippen molar-refractivity contribution in [3.05, 3.63) is 39.9 Å². The molecule has 2 rings (SSSR count). The lowest BCUT2D eigenvalue weighted by Gasteiger charge is -2.21. The van der Waals surface area contributed by atoms with Crippen molar-refractivity contribution in [3.8, 4) is 6.01 Å². The monoisotopic (exact) mass is 373 g/mol. The van der Waals surface area contributed by atoms with Gasteiger partial charge in [0.05, 0.1) is 18.2 Å². The first-order valence-electron chi connectivity index (χ1n) is 8.65. The number of non-ortho nitro benzene ring substituents is 1. The zero-order chi connectivity index (χ0) is 19.6. The molecule has 0 spiro atoms. The maximum absolute atomic E-state index is 10.7. The molecule has 27 heavy (non-hydrogen) atoms. The number of nitrogens with one attached hydrogen (secondary N) is 1. The van der Waals surface area contributed by atoms with Crippen LogP contribution >= 0.6 is 0 Å². The highest BCUT2D eigenvalue weighted by atomic mass is 16.6. The highest BCUT2D eigenvalue weighted by Gasteiger charge is 2.12. The standard InChI is InChI=1S/C17H23N7O3/c1-4-10-23(11-5-2)16-19-15(20-17(21-16)27-3)22-18-12-13-6-8-14(9-7-13)24(25)26/h6-9,12H,4-5,10-11H2,1-3H3,(H,19,20,21,22). The van der Waals surface area contributed by atoms with Crippen LogP contribution in [-0.2, 0) is 0 Å². The van der Waals surface area contributed by atoms with Gasteiger partial charge >= 0.3 is 6.01 Å². The van der Waals surface area contributed by atoms with E-state index >= 15 is 0 Å². The lowest BCUT2D eigenvalue weighted by Crippen LogP contribution is -2.27. The van der Waals surface area contributed by atoms with E-state index in [9.17, 15) is 10.1 Å². The molecule has 0 aliphatic heterocycles. The summed E-state index contributed by atoms with van der Waals surface area (Å²) in [5, 5.41) is 14.8. The van der Waals surface area contributed by atoms with Crippen molar-refractivity contribution in [2.24, 2.45) is 5.10 Å². The number of nitro groups is 1. The van der Waals surface area contributed by atoms with Crippen LogP contribution in [0.4, 0.5) is 17.6 Å². The van der Waals surface area contributed by atoms with Crippen LogP contribution < -0.4 is 15.1 Å². The number of nitro benzene ring substituents is 1. The van der Waals surface area contributed by atoms with Gasteiger partial charge in [0, 0.05) is 25.2 Å². The first kappa shape index (κ1) is 20.0. The predicted octanol–water partition coefficient (Wildman–Crippen LogP) is 2.86. The Labute approximate surface area is 157 Å². The van der Waals surface area contributed by atoms with Crippen molar-refractivity contribution in [2.75, 3.05) is 30.5 Å². The van der Waals surface area contributed by atoms with Crippen LogP contribution in [0.25, 0.3) is 0 Å². The van der Waals surface area contributed by atoms with Gasteiger partial charge in [-0.25, -0.2) is 5.43 Å². The van der Waals surface area contributed by atoms with E-state index in [1.165, 1.54) is 25.5 Å². The molecule has 0 bridgehead atoms. The second kappa shape index (κ2) is 10.00. The number of hydrogen-bond acceptors (Lipinski definition) is 9. The average Bonchev–Trinajstić information content (AvgIpc) is 2.68. The smallest absolute Gasteiger partial charge is 0.322 e. The number of rotatable bonds is 10. The van der Waals surface area contributed by atoms with E-state index in [4.69, 9.17) is 4.74 Å². The Morgan fingerprint density at radius 3 is 2.41 bits per heavy atom. The van der Waals surface area contributed by atoms with Crippen LogP contribution in [0.15, 0.2) is 29.4 Å². The zero-order valence-corrected chi connectivity index (χ0v) is 15.6.